The molecule has 0 unspecified atom stereocenters. The fourth-order valence-electron chi connectivity index (χ4n) is 1.93. The van der Waals surface area contributed by atoms with Gasteiger partial charge in [-0.05, 0) is 43.2 Å². The molecule has 0 aliphatic heterocycles. The Kier molecular flexibility index (Phi) is 5.21. The van der Waals surface area contributed by atoms with E-state index < -0.39 is 0 Å². The molecule has 0 aliphatic carbocycles. The van der Waals surface area contributed by atoms with E-state index in [1.165, 1.54) is 0 Å². The van der Waals surface area contributed by atoms with Crippen LogP contribution in [0.2, 0.25) is 5.02 Å². The number of benzene rings is 1. The SMILES string of the molecule is Cc1ccc(Cl)cc1Oc1ncc(CNC(C)C)cc1C. The molecule has 1 aromatic heterocycles. The number of ether oxygens (including phenoxy) is 1. The Hall–Kier alpha value is -1.58. The van der Waals surface area contributed by atoms with Crippen molar-refractivity contribution >= 4 is 11.6 Å². The maximum Gasteiger partial charge on any atom is 0.222 e. The van der Waals surface area contributed by atoms with Gasteiger partial charge in [-0.15, -0.1) is 0 Å². The van der Waals surface area contributed by atoms with Crippen LogP contribution in [-0.4, -0.2) is 11.0 Å². The van der Waals surface area contributed by atoms with Crippen LogP contribution in [-0.2, 0) is 6.54 Å². The molecule has 2 aromatic rings. The molecule has 0 amide bonds. The van der Waals surface area contributed by atoms with E-state index in [1.807, 2.05) is 38.2 Å². The van der Waals surface area contributed by atoms with Gasteiger partial charge in [-0.25, -0.2) is 4.98 Å². The summed E-state index contributed by atoms with van der Waals surface area (Å²) in [6.45, 7) is 9.05. The summed E-state index contributed by atoms with van der Waals surface area (Å²) < 4.78 is 5.89. The first-order valence-electron chi connectivity index (χ1n) is 7.08. The molecule has 3 nitrogen and oxygen atoms in total. The first-order valence-corrected chi connectivity index (χ1v) is 7.46. The van der Waals surface area contributed by atoms with Crippen molar-refractivity contribution in [3.05, 3.63) is 52.2 Å². The molecule has 112 valence electrons. The molecule has 0 fully saturated rings. The Morgan fingerprint density at radius 2 is 1.95 bits per heavy atom. The third kappa shape index (κ3) is 4.45. The highest BCUT2D eigenvalue weighted by atomic mass is 35.5. The van der Waals surface area contributed by atoms with Crippen LogP contribution < -0.4 is 10.1 Å². The summed E-state index contributed by atoms with van der Waals surface area (Å²) in [4.78, 5) is 4.42. The average molecular weight is 305 g/mol. The molecule has 0 bridgehead atoms. The topological polar surface area (TPSA) is 34.1 Å². The molecule has 4 heteroatoms. The van der Waals surface area contributed by atoms with Crippen LogP contribution in [0.3, 0.4) is 0 Å². The van der Waals surface area contributed by atoms with Crippen LogP contribution in [0.15, 0.2) is 30.5 Å². The molecule has 0 saturated heterocycles. The van der Waals surface area contributed by atoms with E-state index in [4.69, 9.17) is 16.3 Å². The summed E-state index contributed by atoms with van der Waals surface area (Å²) in [5.74, 6) is 1.36. The van der Waals surface area contributed by atoms with Crippen molar-refractivity contribution in [3.8, 4) is 11.6 Å². The van der Waals surface area contributed by atoms with Gasteiger partial charge in [0.1, 0.15) is 5.75 Å². The molecular weight excluding hydrogens is 284 g/mol. The molecule has 0 aliphatic rings. The molecule has 2 rings (SSSR count). The van der Waals surface area contributed by atoms with E-state index in [0.717, 1.165) is 29.0 Å². The Bertz CT molecular complexity index is 626. The van der Waals surface area contributed by atoms with Gasteiger partial charge in [0.2, 0.25) is 5.88 Å². The number of rotatable bonds is 5. The summed E-state index contributed by atoms with van der Waals surface area (Å²) in [5, 5.41) is 4.03. The van der Waals surface area contributed by atoms with Crippen LogP contribution in [0.1, 0.15) is 30.5 Å². The first-order chi connectivity index (χ1) is 9.95. The zero-order valence-corrected chi connectivity index (χ0v) is 13.7. The lowest BCUT2D eigenvalue weighted by Gasteiger charge is -2.12. The van der Waals surface area contributed by atoms with Crippen molar-refractivity contribution in [1.82, 2.24) is 10.3 Å². The van der Waals surface area contributed by atoms with Gasteiger partial charge in [-0.2, -0.15) is 0 Å². The summed E-state index contributed by atoms with van der Waals surface area (Å²) in [6, 6.07) is 8.15. The quantitative estimate of drug-likeness (QED) is 0.873. The number of nitrogens with one attached hydrogen (secondary N) is 1. The second kappa shape index (κ2) is 6.92. The lowest BCUT2D eigenvalue weighted by atomic mass is 10.2. The van der Waals surface area contributed by atoms with Crippen molar-refractivity contribution in [1.29, 1.82) is 0 Å². The Balaban J connectivity index is 2.15. The van der Waals surface area contributed by atoms with Crippen molar-refractivity contribution < 1.29 is 4.74 Å². The molecule has 0 atom stereocenters. The van der Waals surface area contributed by atoms with E-state index in [-0.39, 0.29) is 0 Å². The fraction of sp³-hybridized carbons (Fsp3) is 0.353. The normalized spacial score (nSPS) is 11.0. The molecular formula is C17H21ClN2O. The van der Waals surface area contributed by atoms with Gasteiger partial charge in [0.15, 0.2) is 0 Å². The van der Waals surface area contributed by atoms with Crippen molar-refractivity contribution in [3.63, 3.8) is 0 Å². The van der Waals surface area contributed by atoms with Crippen LogP contribution in [0.5, 0.6) is 11.6 Å². The number of hydrogen-bond acceptors (Lipinski definition) is 3. The molecule has 0 spiro atoms. The fourth-order valence-corrected chi connectivity index (χ4v) is 2.10. The largest absolute Gasteiger partial charge is 0.438 e. The zero-order chi connectivity index (χ0) is 15.4. The van der Waals surface area contributed by atoms with Crippen LogP contribution in [0.25, 0.3) is 0 Å². The average Bonchev–Trinajstić information content (AvgIpc) is 2.43. The molecule has 1 N–H and O–H groups in total. The van der Waals surface area contributed by atoms with Gasteiger partial charge in [-0.3, -0.25) is 0 Å². The van der Waals surface area contributed by atoms with Crippen molar-refractivity contribution in [2.24, 2.45) is 0 Å². The maximum absolute atomic E-state index is 6.01. The van der Waals surface area contributed by atoms with E-state index in [1.54, 1.807) is 0 Å². The predicted octanol–water partition coefficient (Wildman–Crippen LogP) is 4.64. The zero-order valence-electron chi connectivity index (χ0n) is 12.9. The van der Waals surface area contributed by atoms with Crippen molar-refractivity contribution in [2.75, 3.05) is 0 Å². The number of nitrogens with zero attached hydrogens (tertiary/aromatic N) is 1. The van der Waals surface area contributed by atoms with Gasteiger partial charge in [-0.1, -0.05) is 31.5 Å². The minimum atomic E-state index is 0.454. The Morgan fingerprint density at radius 1 is 1.19 bits per heavy atom. The predicted molar refractivity (Wildman–Crippen MR) is 87.2 cm³/mol. The lowest BCUT2D eigenvalue weighted by molar-refractivity contribution is 0.454. The standard InChI is InChI=1S/C17H21ClN2O/c1-11(2)19-9-14-7-13(4)17(20-10-14)21-16-8-15(18)6-5-12(16)3/h5-8,10-11,19H,9H2,1-4H3. The van der Waals surface area contributed by atoms with Gasteiger partial charge in [0.05, 0.1) is 0 Å². The third-order valence-electron chi connectivity index (χ3n) is 3.16. The lowest BCUT2D eigenvalue weighted by Crippen LogP contribution is -2.21. The number of halogens is 1. The number of hydrogen-bond donors (Lipinski definition) is 1. The van der Waals surface area contributed by atoms with E-state index in [9.17, 15) is 0 Å². The minimum absolute atomic E-state index is 0.454. The molecule has 0 radical (unpaired) electrons. The number of aromatic nitrogens is 1. The van der Waals surface area contributed by atoms with Crippen LogP contribution >= 0.6 is 11.6 Å². The first kappa shape index (κ1) is 15.8. The van der Waals surface area contributed by atoms with Crippen LogP contribution in [0.4, 0.5) is 0 Å². The molecule has 21 heavy (non-hydrogen) atoms. The summed E-state index contributed by atoms with van der Waals surface area (Å²) in [7, 11) is 0. The highest BCUT2D eigenvalue weighted by Gasteiger charge is 2.07. The smallest absolute Gasteiger partial charge is 0.222 e. The minimum Gasteiger partial charge on any atom is -0.438 e. The van der Waals surface area contributed by atoms with Gasteiger partial charge in [0, 0.05) is 29.4 Å². The molecule has 1 heterocycles. The third-order valence-corrected chi connectivity index (χ3v) is 3.39. The Labute approximate surface area is 131 Å². The van der Waals surface area contributed by atoms with Gasteiger partial charge < -0.3 is 10.1 Å². The highest BCUT2D eigenvalue weighted by Crippen LogP contribution is 2.28. The molecule has 1 aromatic carbocycles. The Morgan fingerprint density at radius 3 is 2.62 bits per heavy atom. The summed E-state index contributed by atoms with van der Waals surface area (Å²) in [6.07, 6.45) is 1.84. The van der Waals surface area contributed by atoms with Gasteiger partial charge in [0.25, 0.3) is 0 Å². The van der Waals surface area contributed by atoms with Gasteiger partial charge >= 0.3 is 0 Å². The van der Waals surface area contributed by atoms with E-state index in [0.29, 0.717) is 16.9 Å². The highest BCUT2D eigenvalue weighted by molar-refractivity contribution is 6.30. The van der Waals surface area contributed by atoms with Crippen molar-refractivity contribution in [2.45, 2.75) is 40.3 Å². The van der Waals surface area contributed by atoms with E-state index >= 15 is 0 Å². The number of aryl methyl sites for hydroxylation is 2. The summed E-state index contributed by atoms with van der Waals surface area (Å²) >= 11 is 6.01. The maximum atomic E-state index is 6.01. The summed E-state index contributed by atoms with van der Waals surface area (Å²) in [5.41, 5.74) is 3.19. The molecule has 0 saturated carbocycles. The monoisotopic (exact) mass is 304 g/mol. The number of pyridine rings is 1. The second-order valence-electron chi connectivity index (χ2n) is 5.51. The second-order valence-corrected chi connectivity index (χ2v) is 5.95. The van der Waals surface area contributed by atoms with E-state index in [2.05, 4.69) is 30.2 Å². The van der Waals surface area contributed by atoms with Crippen LogP contribution in [0, 0.1) is 13.8 Å².